The molecular formula is C24H25N3OS. The summed E-state index contributed by atoms with van der Waals surface area (Å²) in [5, 5.41) is 3.81. The van der Waals surface area contributed by atoms with Crippen molar-refractivity contribution in [3.8, 4) is 5.69 Å². The van der Waals surface area contributed by atoms with Crippen LogP contribution in [0.3, 0.4) is 0 Å². The number of thioether (sulfide) groups is 1. The Labute approximate surface area is 175 Å². The maximum atomic E-state index is 13.1. The zero-order valence-electron chi connectivity index (χ0n) is 16.4. The molecule has 1 heterocycles. The monoisotopic (exact) mass is 403 g/mol. The second-order valence-corrected chi connectivity index (χ2v) is 8.93. The molecule has 0 unspecified atom stereocenters. The molecule has 29 heavy (non-hydrogen) atoms. The summed E-state index contributed by atoms with van der Waals surface area (Å²) in [6.07, 6.45) is 6.62. The minimum atomic E-state index is -0.303. The van der Waals surface area contributed by atoms with Crippen LogP contribution in [0.15, 0.2) is 65.8 Å². The first-order chi connectivity index (χ1) is 14.3. The van der Waals surface area contributed by atoms with Gasteiger partial charge in [0.25, 0.3) is 0 Å². The van der Waals surface area contributed by atoms with Crippen LogP contribution in [0.1, 0.15) is 47.9 Å². The second kappa shape index (κ2) is 8.07. The average Bonchev–Trinajstić information content (AvgIpc) is 3.50. The Hall–Kier alpha value is -2.53. The summed E-state index contributed by atoms with van der Waals surface area (Å²) in [4.78, 5) is 18.1. The lowest BCUT2D eigenvalue weighted by Crippen LogP contribution is -2.30. The number of amides is 1. The molecule has 0 aliphatic heterocycles. The van der Waals surface area contributed by atoms with Gasteiger partial charge in [0, 0.05) is 17.4 Å². The number of carbonyl (C=O) groups excluding carboxylic acids is 1. The molecular weight excluding hydrogens is 378 g/mol. The first-order valence-corrected chi connectivity index (χ1v) is 11.4. The molecule has 5 heteroatoms. The number of nitrogens with zero attached hydrogens (tertiary/aromatic N) is 2. The minimum Gasteiger partial charge on any atom is -0.352 e. The van der Waals surface area contributed by atoms with Crippen molar-refractivity contribution in [3.05, 3.63) is 77.6 Å². The van der Waals surface area contributed by atoms with Crippen molar-refractivity contribution in [1.29, 1.82) is 0 Å². The van der Waals surface area contributed by atoms with E-state index in [9.17, 15) is 4.79 Å². The van der Waals surface area contributed by atoms with Gasteiger partial charge in [0.05, 0.1) is 5.69 Å². The molecule has 0 spiro atoms. The fourth-order valence-corrected chi connectivity index (χ4v) is 5.11. The van der Waals surface area contributed by atoms with Crippen LogP contribution in [0, 0.1) is 0 Å². The summed E-state index contributed by atoms with van der Waals surface area (Å²) in [6.45, 7) is 0. The Morgan fingerprint density at radius 1 is 1.00 bits per heavy atom. The number of fused-ring (bicyclic) bond motifs is 1. The zero-order chi connectivity index (χ0) is 19.6. The van der Waals surface area contributed by atoms with Gasteiger partial charge in [-0.25, -0.2) is 4.98 Å². The van der Waals surface area contributed by atoms with E-state index in [0.29, 0.717) is 6.04 Å². The zero-order valence-corrected chi connectivity index (χ0v) is 17.2. The standard InChI is InChI=1S/C24H25N3OS/c28-23(25-18-15-16-18)22(17-9-3-1-4-10-17)29-24-26-20-13-7-8-14-21(20)27(24)19-11-5-2-6-12-19/h1-6,9-12,18,22H,7-8,13-16H2,(H,25,28)/t22-/m1/s1. The van der Waals surface area contributed by atoms with Crippen molar-refractivity contribution in [2.24, 2.45) is 0 Å². The van der Waals surface area contributed by atoms with Gasteiger partial charge in [0.15, 0.2) is 5.16 Å². The van der Waals surface area contributed by atoms with Crippen LogP contribution < -0.4 is 5.32 Å². The largest absolute Gasteiger partial charge is 0.352 e. The molecule has 2 aliphatic rings. The Kier molecular flexibility index (Phi) is 5.15. The summed E-state index contributed by atoms with van der Waals surface area (Å²) in [5.74, 6) is 0.0873. The number of hydrogen-bond donors (Lipinski definition) is 1. The number of imidazole rings is 1. The lowest BCUT2D eigenvalue weighted by atomic mass is 10.0. The summed E-state index contributed by atoms with van der Waals surface area (Å²) in [5.41, 5.74) is 4.65. The highest BCUT2D eigenvalue weighted by Gasteiger charge is 2.31. The highest BCUT2D eigenvalue weighted by atomic mass is 32.2. The predicted octanol–water partition coefficient (Wildman–Crippen LogP) is 4.86. The molecule has 1 atom stereocenters. The topological polar surface area (TPSA) is 46.9 Å². The molecule has 0 bridgehead atoms. The molecule has 1 amide bonds. The van der Waals surface area contributed by atoms with E-state index in [0.717, 1.165) is 42.1 Å². The van der Waals surface area contributed by atoms with Gasteiger partial charge in [-0.15, -0.1) is 0 Å². The van der Waals surface area contributed by atoms with Crippen LogP contribution in [0.25, 0.3) is 5.69 Å². The number of aryl methyl sites for hydroxylation is 1. The Morgan fingerprint density at radius 2 is 1.69 bits per heavy atom. The molecule has 0 saturated heterocycles. The van der Waals surface area contributed by atoms with E-state index in [1.165, 1.54) is 24.2 Å². The SMILES string of the molecule is O=C(NC1CC1)[C@H](Sc1nc2c(n1-c1ccccc1)CCCC2)c1ccccc1. The van der Waals surface area contributed by atoms with Gasteiger partial charge in [0.2, 0.25) is 5.91 Å². The van der Waals surface area contributed by atoms with E-state index in [4.69, 9.17) is 4.98 Å². The summed E-state index contributed by atoms with van der Waals surface area (Å²) in [6, 6.07) is 20.8. The maximum absolute atomic E-state index is 13.1. The molecule has 3 aromatic rings. The van der Waals surface area contributed by atoms with Gasteiger partial charge in [-0.1, -0.05) is 60.3 Å². The number of hydrogen-bond acceptors (Lipinski definition) is 3. The van der Waals surface area contributed by atoms with E-state index in [2.05, 4.69) is 34.1 Å². The Balaban J connectivity index is 1.54. The van der Waals surface area contributed by atoms with Crippen LogP contribution in [-0.2, 0) is 17.6 Å². The molecule has 1 aromatic heterocycles. The highest BCUT2D eigenvalue weighted by molar-refractivity contribution is 8.00. The predicted molar refractivity (Wildman–Crippen MR) is 116 cm³/mol. The molecule has 1 saturated carbocycles. The van der Waals surface area contributed by atoms with Crippen LogP contribution in [-0.4, -0.2) is 21.5 Å². The number of rotatable bonds is 6. The van der Waals surface area contributed by atoms with Crippen molar-refractivity contribution in [3.63, 3.8) is 0 Å². The van der Waals surface area contributed by atoms with E-state index < -0.39 is 0 Å². The van der Waals surface area contributed by atoms with Crippen LogP contribution in [0.2, 0.25) is 0 Å². The summed E-state index contributed by atoms with van der Waals surface area (Å²) < 4.78 is 2.28. The third kappa shape index (κ3) is 3.97. The fourth-order valence-electron chi connectivity index (χ4n) is 3.95. The molecule has 0 radical (unpaired) electrons. The van der Waals surface area contributed by atoms with Gasteiger partial charge < -0.3 is 5.32 Å². The molecule has 5 rings (SSSR count). The number of benzene rings is 2. The van der Waals surface area contributed by atoms with E-state index >= 15 is 0 Å². The van der Waals surface area contributed by atoms with Crippen molar-refractivity contribution < 1.29 is 4.79 Å². The first-order valence-electron chi connectivity index (χ1n) is 10.5. The van der Waals surface area contributed by atoms with Crippen LogP contribution >= 0.6 is 11.8 Å². The lowest BCUT2D eigenvalue weighted by molar-refractivity contribution is -0.120. The minimum absolute atomic E-state index is 0.0873. The normalized spacial score (nSPS) is 16.8. The number of para-hydroxylation sites is 1. The third-order valence-electron chi connectivity index (χ3n) is 5.60. The third-order valence-corrected chi connectivity index (χ3v) is 6.81. The molecule has 1 N–H and O–H groups in total. The smallest absolute Gasteiger partial charge is 0.238 e. The second-order valence-electron chi connectivity index (χ2n) is 7.86. The molecule has 4 nitrogen and oxygen atoms in total. The number of aromatic nitrogens is 2. The van der Waals surface area contributed by atoms with Crippen LogP contribution in [0.4, 0.5) is 0 Å². The molecule has 2 aromatic carbocycles. The highest BCUT2D eigenvalue weighted by Crippen LogP contribution is 2.39. The van der Waals surface area contributed by atoms with Crippen LogP contribution in [0.5, 0.6) is 0 Å². The van der Waals surface area contributed by atoms with Crippen molar-refractivity contribution in [1.82, 2.24) is 14.9 Å². The first kappa shape index (κ1) is 18.5. The van der Waals surface area contributed by atoms with Crippen molar-refractivity contribution >= 4 is 17.7 Å². The Morgan fingerprint density at radius 3 is 2.41 bits per heavy atom. The van der Waals surface area contributed by atoms with Gasteiger partial charge >= 0.3 is 0 Å². The number of carbonyl (C=O) groups is 1. The van der Waals surface area contributed by atoms with Crippen molar-refractivity contribution in [2.45, 2.75) is 55.0 Å². The van der Waals surface area contributed by atoms with Gasteiger partial charge in [-0.05, 0) is 56.2 Å². The van der Waals surface area contributed by atoms with Gasteiger partial charge in [-0.3, -0.25) is 9.36 Å². The maximum Gasteiger partial charge on any atom is 0.238 e. The van der Waals surface area contributed by atoms with E-state index in [1.54, 1.807) is 11.8 Å². The van der Waals surface area contributed by atoms with Gasteiger partial charge in [-0.2, -0.15) is 0 Å². The fraction of sp³-hybridized carbons (Fsp3) is 0.333. The average molecular weight is 404 g/mol. The number of nitrogens with one attached hydrogen (secondary N) is 1. The summed E-state index contributed by atoms with van der Waals surface area (Å²) >= 11 is 1.57. The quantitative estimate of drug-likeness (QED) is 0.598. The van der Waals surface area contributed by atoms with E-state index in [-0.39, 0.29) is 11.2 Å². The summed E-state index contributed by atoms with van der Waals surface area (Å²) in [7, 11) is 0. The van der Waals surface area contributed by atoms with E-state index in [1.807, 2.05) is 36.4 Å². The lowest BCUT2D eigenvalue weighted by Gasteiger charge is -2.19. The molecule has 1 fully saturated rings. The molecule has 148 valence electrons. The van der Waals surface area contributed by atoms with Crippen molar-refractivity contribution in [2.75, 3.05) is 0 Å². The Bertz CT molecular complexity index is 996. The molecule has 2 aliphatic carbocycles. The van der Waals surface area contributed by atoms with Gasteiger partial charge in [0.1, 0.15) is 5.25 Å².